The molecule has 3 aliphatic rings. The summed E-state index contributed by atoms with van der Waals surface area (Å²) in [6.07, 6.45) is 1.77. The molecule has 1 amide bonds. The van der Waals surface area contributed by atoms with E-state index < -0.39 is 31.0 Å². The van der Waals surface area contributed by atoms with Crippen LogP contribution in [0.15, 0.2) is 30.6 Å². The van der Waals surface area contributed by atoms with Crippen molar-refractivity contribution in [2.24, 2.45) is 0 Å². The molecular weight excluding hydrogens is 404 g/mol. The lowest BCUT2D eigenvalue weighted by atomic mass is 9.91. The Balaban J connectivity index is 1.41. The Morgan fingerprint density at radius 3 is 2.65 bits per heavy atom. The molecule has 3 heterocycles. The molecule has 9 heteroatoms. The molecule has 3 unspecified atom stereocenters. The summed E-state index contributed by atoms with van der Waals surface area (Å²) in [6, 6.07) is 6.76. The van der Waals surface area contributed by atoms with Crippen LogP contribution < -0.4 is 15.1 Å². The number of hydrogen-bond donors (Lipinski definition) is 1. The van der Waals surface area contributed by atoms with Crippen molar-refractivity contribution < 1.29 is 18.3 Å². The maximum Gasteiger partial charge on any atom is 0.414 e. The largest absolute Gasteiger partial charge is 0.445 e. The van der Waals surface area contributed by atoms with Gasteiger partial charge in [-0.05, 0) is 31.5 Å². The number of anilines is 2. The van der Waals surface area contributed by atoms with Crippen LogP contribution in [-0.2, 0) is 4.74 Å². The lowest BCUT2D eigenvalue weighted by Gasteiger charge is -2.41. The minimum Gasteiger partial charge on any atom is -0.445 e. The summed E-state index contributed by atoms with van der Waals surface area (Å²) in [6.45, 7) is 5.48. The zero-order valence-corrected chi connectivity index (χ0v) is 17.9. The number of likely N-dealkylation sites (N-methyl/N-ethyl adjacent to an activating group) is 1. The molecule has 2 fully saturated rings. The van der Waals surface area contributed by atoms with Gasteiger partial charge in [-0.2, -0.15) is 5.10 Å². The first-order valence-electron chi connectivity index (χ1n) is 10.7. The van der Waals surface area contributed by atoms with Gasteiger partial charge in [0.1, 0.15) is 6.10 Å². The Hall–Kier alpha value is -2.68. The van der Waals surface area contributed by atoms with E-state index in [4.69, 9.17) is 4.74 Å². The summed E-state index contributed by atoms with van der Waals surface area (Å²) >= 11 is 0. The van der Waals surface area contributed by atoms with Gasteiger partial charge in [0.15, 0.2) is 0 Å². The number of rotatable bonds is 3. The minimum absolute atomic E-state index is 0.0732. The Morgan fingerprint density at radius 2 is 2.00 bits per heavy atom. The maximum atomic E-state index is 13.2. The van der Waals surface area contributed by atoms with Gasteiger partial charge in [0.2, 0.25) is 0 Å². The highest BCUT2D eigenvalue weighted by Crippen LogP contribution is 2.42. The van der Waals surface area contributed by atoms with Crippen molar-refractivity contribution in [3.05, 3.63) is 30.6 Å². The van der Waals surface area contributed by atoms with Crippen LogP contribution in [0, 0.1) is 0 Å². The Labute approximate surface area is 179 Å². The van der Waals surface area contributed by atoms with Crippen molar-refractivity contribution in [2.45, 2.75) is 56.8 Å². The van der Waals surface area contributed by atoms with Crippen molar-refractivity contribution in [1.29, 1.82) is 0 Å². The molecule has 1 aliphatic carbocycles. The number of halogens is 2. The smallest absolute Gasteiger partial charge is 0.414 e. The van der Waals surface area contributed by atoms with Crippen LogP contribution in [0.2, 0.25) is 0 Å². The third kappa shape index (κ3) is 3.54. The van der Waals surface area contributed by atoms with Gasteiger partial charge in [0, 0.05) is 56.8 Å². The number of aromatic nitrogens is 2. The number of carbonyl (C=O) groups is 1. The highest BCUT2D eigenvalue weighted by molar-refractivity contribution is 5.95. The molecule has 3 atom stereocenters. The molecular formula is C22H27F2N5O2. The van der Waals surface area contributed by atoms with Crippen molar-refractivity contribution in [1.82, 2.24) is 15.1 Å². The standard InChI is InChI=1S/C22H27F2N5O2/c1-13-11-28(21(30)31-17-7-22(23,24)8-17)19-6-15(4-5-18(19)27(13)3)16-9-26-29(12-16)20-10-25-14(20)2/h4-6,9,12-14,17,20,25H,7-8,10-11H2,1-3H3. The average molecular weight is 431 g/mol. The van der Waals surface area contributed by atoms with E-state index in [9.17, 15) is 13.6 Å². The number of amides is 1. The topological polar surface area (TPSA) is 62.6 Å². The molecule has 0 spiro atoms. The summed E-state index contributed by atoms with van der Waals surface area (Å²) in [5, 5.41) is 7.85. The van der Waals surface area contributed by atoms with Crippen LogP contribution in [-0.4, -0.2) is 60.1 Å². The zero-order chi connectivity index (χ0) is 21.9. The molecule has 1 aromatic carbocycles. The highest BCUT2D eigenvalue weighted by atomic mass is 19.3. The Morgan fingerprint density at radius 1 is 1.23 bits per heavy atom. The van der Waals surface area contributed by atoms with Crippen molar-refractivity contribution >= 4 is 17.5 Å². The van der Waals surface area contributed by atoms with Crippen LogP contribution in [0.1, 0.15) is 32.7 Å². The summed E-state index contributed by atoms with van der Waals surface area (Å²) in [4.78, 5) is 16.6. The van der Waals surface area contributed by atoms with E-state index in [0.29, 0.717) is 18.6 Å². The number of nitrogens with zero attached hydrogens (tertiary/aromatic N) is 4. The van der Waals surface area contributed by atoms with Crippen LogP contribution in [0.25, 0.3) is 11.1 Å². The third-order valence-corrected chi connectivity index (χ3v) is 6.80. The first kappa shape index (κ1) is 20.2. The van der Waals surface area contributed by atoms with E-state index in [1.165, 1.54) is 0 Å². The molecule has 31 heavy (non-hydrogen) atoms. The van der Waals surface area contributed by atoms with E-state index in [1.807, 2.05) is 49.2 Å². The lowest BCUT2D eigenvalue weighted by Crippen LogP contribution is -2.51. The van der Waals surface area contributed by atoms with Gasteiger partial charge in [0.05, 0.1) is 23.6 Å². The summed E-state index contributed by atoms with van der Waals surface area (Å²) in [5.74, 6) is -2.72. The molecule has 1 N–H and O–H groups in total. The van der Waals surface area contributed by atoms with Gasteiger partial charge in [-0.25, -0.2) is 13.6 Å². The van der Waals surface area contributed by atoms with Gasteiger partial charge in [0.25, 0.3) is 5.92 Å². The predicted octanol–water partition coefficient (Wildman–Crippen LogP) is 3.66. The Kier molecular flexibility index (Phi) is 4.69. The number of alkyl halides is 2. The number of nitrogens with one attached hydrogen (secondary N) is 1. The van der Waals surface area contributed by atoms with Gasteiger partial charge >= 0.3 is 6.09 Å². The van der Waals surface area contributed by atoms with E-state index in [0.717, 1.165) is 29.0 Å². The molecule has 1 aromatic heterocycles. The molecule has 1 saturated carbocycles. The number of fused-ring (bicyclic) bond motifs is 1. The van der Waals surface area contributed by atoms with Crippen LogP contribution in [0.5, 0.6) is 0 Å². The van der Waals surface area contributed by atoms with Crippen molar-refractivity contribution in [2.75, 3.05) is 29.9 Å². The molecule has 1 saturated heterocycles. The van der Waals surface area contributed by atoms with E-state index in [-0.39, 0.29) is 6.04 Å². The van der Waals surface area contributed by atoms with Crippen LogP contribution in [0.3, 0.4) is 0 Å². The molecule has 166 valence electrons. The fourth-order valence-electron chi connectivity index (χ4n) is 4.46. The quantitative estimate of drug-likeness (QED) is 0.804. The Bertz CT molecular complexity index is 1000. The van der Waals surface area contributed by atoms with E-state index in [1.54, 1.807) is 4.90 Å². The number of hydrogen-bond acceptors (Lipinski definition) is 5. The molecule has 2 aromatic rings. The number of ether oxygens (including phenoxy) is 1. The third-order valence-electron chi connectivity index (χ3n) is 6.80. The second-order valence-corrected chi connectivity index (χ2v) is 9.02. The average Bonchev–Trinajstić information content (AvgIpc) is 3.16. The predicted molar refractivity (Wildman–Crippen MR) is 114 cm³/mol. The normalized spacial score (nSPS) is 27.3. The fourth-order valence-corrected chi connectivity index (χ4v) is 4.46. The summed E-state index contributed by atoms with van der Waals surface area (Å²) < 4.78 is 33.7. The highest BCUT2D eigenvalue weighted by Gasteiger charge is 2.48. The maximum absolute atomic E-state index is 13.2. The SMILES string of the molecule is CC1NCC1n1cc(-c2ccc3c(c2)N(C(=O)OC2CC(F)(F)C2)CC(C)N3C)cn1. The van der Waals surface area contributed by atoms with Crippen LogP contribution in [0.4, 0.5) is 25.0 Å². The van der Waals surface area contributed by atoms with Crippen molar-refractivity contribution in [3.8, 4) is 11.1 Å². The second kappa shape index (κ2) is 7.19. The van der Waals surface area contributed by atoms with Crippen molar-refractivity contribution in [3.63, 3.8) is 0 Å². The van der Waals surface area contributed by atoms with E-state index in [2.05, 4.69) is 22.2 Å². The summed E-state index contributed by atoms with van der Waals surface area (Å²) in [5.41, 5.74) is 3.54. The van der Waals surface area contributed by atoms with Crippen LogP contribution >= 0.6 is 0 Å². The van der Waals surface area contributed by atoms with Gasteiger partial charge < -0.3 is 15.0 Å². The number of carbonyl (C=O) groups excluding carboxylic acids is 1. The second-order valence-electron chi connectivity index (χ2n) is 9.02. The molecule has 2 aliphatic heterocycles. The first-order chi connectivity index (χ1) is 14.7. The molecule has 0 radical (unpaired) electrons. The lowest BCUT2D eigenvalue weighted by molar-refractivity contribution is -0.143. The van der Waals surface area contributed by atoms with Gasteiger partial charge in [-0.15, -0.1) is 0 Å². The zero-order valence-electron chi connectivity index (χ0n) is 17.9. The van der Waals surface area contributed by atoms with Gasteiger partial charge in [-0.3, -0.25) is 9.58 Å². The molecule has 5 rings (SSSR count). The summed E-state index contributed by atoms with van der Waals surface area (Å²) in [7, 11) is 1.99. The fraction of sp³-hybridized carbons (Fsp3) is 0.545. The van der Waals surface area contributed by atoms with E-state index >= 15 is 0 Å². The monoisotopic (exact) mass is 431 g/mol. The molecule has 0 bridgehead atoms. The van der Waals surface area contributed by atoms with Gasteiger partial charge in [-0.1, -0.05) is 6.07 Å². The number of benzene rings is 1. The minimum atomic E-state index is -2.72. The molecule has 7 nitrogen and oxygen atoms in total. The first-order valence-corrected chi connectivity index (χ1v) is 10.7.